The first-order valence-corrected chi connectivity index (χ1v) is 6.68. The Balaban J connectivity index is 2.40. The van der Waals surface area contributed by atoms with Crippen LogP contribution in [0.2, 0.25) is 0 Å². The summed E-state index contributed by atoms with van der Waals surface area (Å²) < 4.78 is 5.73. The highest BCUT2D eigenvalue weighted by Gasteiger charge is 2.27. The summed E-state index contributed by atoms with van der Waals surface area (Å²) >= 11 is 0. The van der Waals surface area contributed by atoms with Crippen LogP contribution in [0.5, 0.6) is 5.75 Å². The summed E-state index contributed by atoms with van der Waals surface area (Å²) in [6.07, 6.45) is 4.23. The van der Waals surface area contributed by atoms with Gasteiger partial charge in [0.25, 0.3) is 5.91 Å². The van der Waals surface area contributed by atoms with Crippen molar-refractivity contribution in [2.75, 3.05) is 14.1 Å². The molecule has 19 heavy (non-hydrogen) atoms. The summed E-state index contributed by atoms with van der Waals surface area (Å²) in [5, 5.41) is 0. The molecule has 1 aromatic heterocycles. The number of aromatic nitrogens is 1. The molecule has 0 atom stereocenters. The zero-order chi connectivity index (χ0) is 14.2. The minimum Gasteiger partial charge on any atom is -0.489 e. The predicted molar refractivity (Wildman–Crippen MR) is 74.6 cm³/mol. The van der Waals surface area contributed by atoms with Crippen LogP contribution in [0.1, 0.15) is 49.7 Å². The molecule has 1 amide bonds. The van der Waals surface area contributed by atoms with Gasteiger partial charge in [-0.1, -0.05) is 20.8 Å². The fraction of sp³-hybridized carbons (Fsp3) is 0.600. The smallest absolute Gasteiger partial charge is 0.255 e. The Bertz CT molecular complexity index is 485. The lowest BCUT2D eigenvalue weighted by Gasteiger charge is -2.23. The molecule has 1 saturated carbocycles. The molecule has 0 bridgehead atoms. The molecule has 0 spiro atoms. The fourth-order valence-electron chi connectivity index (χ4n) is 1.89. The van der Waals surface area contributed by atoms with E-state index in [0.717, 1.165) is 18.5 Å². The number of ether oxygens (including phenoxy) is 1. The molecule has 4 nitrogen and oxygen atoms in total. The number of carbonyl (C=O) groups excluding carboxylic acids is 1. The number of amides is 1. The molecule has 0 aliphatic heterocycles. The third kappa shape index (κ3) is 3.25. The van der Waals surface area contributed by atoms with E-state index < -0.39 is 0 Å². The summed E-state index contributed by atoms with van der Waals surface area (Å²) in [4.78, 5) is 18.3. The standard InChI is InChI=1S/C15H22N2O2/c1-15(2,3)13-12(14(18)17(4)5)8-11(9-16-13)19-10-6-7-10/h8-10H,6-7H2,1-5H3. The lowest BCUT2D eigenvalue weighted by Crippen LogP contribution is -2.27. The monoisotopic (exact) mass is 262 g/mol. The van der Waals surface area contributed by atoms with E-state index in [1.807, 2.05) is 6.07 Å². The fourth-order valence-corrected chi connectivity index (χ4v) is 1.89. The molecule has 104 valence electrons. The Hall–Kier alpha value is -1.58. The van der Waals surface area contributed by atoms with Crippen LogP contribution in [0.3, 0.4) is 0 Å². The van der Waals surface area contributed by atoms with Crippen molar-refractivity contribution in [3.05, 3.63) is 23.5 Å². The van der Waals surface area contributed by atoms with Gasteiger partial charge in [-0.3, -0.25) is 9.78 Å². The minimum atomic E-state index is -0.168. The Morgan fingerprint density at radius 2 is 2.00 bits per heavy atom. The van der Waals surface area contributed by atoms with Crippen molar-refractivity contribution in [2.24, 2.45) is 0 Å². The molecule has 2 rings (SSSR count). The first-order chi connectivity index (χ1) is 8.79. The molecule has 1 heterocycles. The first-order valence-electron chi connectivity index (χ1n) is 6.68. The van der Waals surface area contributed by atoms with Gasteiger partial charge in [-0.2, -0.15) is 0 Å². The van der Waals surface area contributed by atoms with Crippen molar-refractivity contribution < 1.29 is 9.53 Å². The number of carbonyl (C=O) groups is 1. The lowest BCUT2D eigenvalue weighted by molar-refractivity contribution is 0.0824. The molecule has 1 aliphatic carbocycles. The highest BCUT2D eigenvalue weighted by atomic mass is 16.5. The molecule has 0 N–H and O–H groups in total. The van der Waals surface area contributed by atoms with Gasteiger partial charge in [0.05, 0.1) is 23.6 Å². The van der Waals surface area contributed by atoms with Gasteiger partial charge in [-0.05, 0) is 18.9 Å². The third-order valence-corrected chi connectivity index (χ3v) is 3.04. The van der Waals surface area contributed by atoms with Gasteiger partial charge in [0.15, 0.2) is 0 Å². The van der Waals surface area contributed by atoms with Gasteiger partial charge in [-0.25, -0.2) is 0 Å². The van der Waals surface area contributed by atoms with Crippen LogP contribution in [-0.2, 0) is 5.41 Å². The van der Waals surface area contributed by atoms with Gasteiger partial charge < -0.3 is 9.64 Å². The van der Waals surface area contributed by atoms with Crippen molar-refractivity contribution >= 4 is 5.91 Å². The Morgan fingerprint density at radius 1 is 1.37 bits per heavy atom. The second-order valence-electron chi connectivity index (χ2n) is 6.33. The highest BCUT2D eigenvalue weighted by molar-refractivity contribution is 5.95. The second-order valence-corrected chi connectivity index (χ2v) is 6.33. The van der Waals surface area contributed by atoms with Gasteiger partial charge >= 0.3 is 0 Å². The van der Waals surface area contributed by atoms with Crippen molar-refractivity contribution in [1.29, 1.82) is 0 Å². The van der Waals surface area contributed by atoms with Crippen molar-refractivity contribution in [2.45, 2.75) is 45.1 Å². The van der Waals surface area contributed by atoms with Gasteiger partial charge in [-0.15, -0.1) is 0 Å². The molecular weight excluding hydrogens is 240 g/mol. The minimum absolute atomic E-state index is 0.0290. The van der Waals surface area contributed by atoms with Crippen LogP contribution >= 0.6 is 0 Å². The summed E-state index contributed by atoms with van der Waals surface area (Å²) in [6.45, 7) is 6.18. The third-order valence-electron chi connectivity index (χ3n) is 3.04. The zero-order valence-electron chi connectivity index (χ0n) is 12.4. The maximum absolute atomic E-state index is 12.3. The van der Waals surface area contributed by atoms with Gasteiger partial charge in [0.1, 0.15) is 5.75 Å². The Labute approximate surface area is 114 Å². The van der Waals surface area contributed by atoms with Crippen LogP contribution < -0.4 is 4.74 Å². The molecule has 0 saturated heterocycles. The lowest BCUT2D eigenvalue weighted by atomic mass is 9.88. The van der Waals surface area contributed by atoms with Crippen LogP contribution in [0.25, 0.3) is 0 Å². The van der Waals surface area contributed by atoms with E-state index in [1.54, 1.807) is 25.2 Å². The maximum Gasteiger partial charge on any atom is 0.255 e. The van der Waals surface area contributed by atoms with Crippen molar-refractivity contribution in [1.82, 2.24) is 9.88 Å². The average molecular weight is 262 g/mol. The zero-order valence-corrected chi connectivity index (χ0v) is 12.4. The number of hydrogen-bond acceptors (Lipinski definition) is 3. The average Bonchev–Trinajstić information content (AvgIpc) is 3.10. The quantitative estimate of drug-likeness (QED) is 0.841. The van der Waals surface area contributed by atoms with Crippen LogP contribution in [0.4, 0.5) is 0 Å². The van der Waals surface area contributed by atoms with E-state index in [0.29, 0.717) is 17.4 Å². The summed E-state index contributed by atoms with van der Waals surface area (Å²) in [5.74, 6) is 0.666. The summed E-state index contributed by atoms with van der Waals surface area (Å²) in [6, 6.07) is 1.83. The van der Waals surface area contributed by atoms with Gasteiger partial charge in [0, 0.05) is 19.5 Å². The summed E-state index contributed by atoms with van der Waals surface area (Å²) in [7, 11) is 3.51. The molecule has 0 radical (unpaired) electrons. The molecular formula is C15H22N2O2. The van der Waals surface area contributed by atoms with E-state index in [2.05, 4.69) is 25.8 Å². The van der Waals surface area contributed by atoms with E-state index in [9.17, 15) is 4.79 Å². The van der Waals surface area contributed by atoms with E-state index in [-0.39, 0.29) is 11.3 Å². The van der Waals surface area contributed by atoms with E-state index in [1.165, 1.54) is 0 Å². The Kier molecular flexibility index (Phi) is 3.52. The molecule has 1 fully saturated rings. The molecule has 1 aliphatic rings. The first kappa shape index (κ1) is 13.8. The van der Waals surface area contributed by atoms with E-state index in [4.69, 9.17) is 4.74 Å². The summed E-state index contributed by atoms with van der Waals surface area (Å²) in [5.41, 5.74) is 1.28. The van der Waals surface area contributed by atoms with Crippen LogP contribution in [0.15, 0.2) is 12.3 Å². The maximum atomic E-state index is 12.3. The van der Waals surface area contributed by atoms with Crippen LogP contribution in [0, 0.1) is 0 Å². The normalized spacial score (nSPS) is 15.2. The van der Waals surface area contributed by atoms with E-state index >= 15 is 0 Å². The van der Waals surface area contributed by atoms with Crippen molar-refractivity contribution in [3.63, 3.8) is 0 Å². The molecule has 4 heteroatoms. The topological polar surface area (TPSA) is 42.4 Å². The second kappa shape index (κ2) is 4.83. The predicted octanol–water partition coefficient (Wildman–Crippen LogP) is 2.62. The van der Waals surface area contributed by atoms with Gasteiger partial charge in [0.2, 0.25) is 0 Å². The number of pyridine rings is 1. The largest absolute Gasteiger partial charge is 0.489 e. The van der Waals surface area contributed by atoms with Crippen molar-refractivity contribution in [3.8, 4) is 5.75 Å². The Morgan fingerprint density at radius 3 is 2.47 bits per heavy atom. The number of nitrogens with zero attached hydrogens (tertiary/aromatic N) is 2. The number of hydrogen-bond donors (Lipinski definition) is 0. The molecule has 0 unspecified atom stereocenters. The SMILES string of the molecule is CN(C)C(=O)c1cc(OC2CC2)cnc1C(C)(C)C. The number of rotatable bonds is 3. The highest BCUT2D eigenvalue weighted by Crippen LogP contribution is 2.30. The molecule has 1 aromatic rings. The molecule has 0 aromatic carbocycles. The van der Waals surface area contributed by atoms with Crippen LogP contribution in [-0.4, -0.2) is 36.0 Å².